The first-order valence-corrected chi connectivity index (χ1v) is 13.3. The van der Waals surface area contributed by atoms with E-state index in [-0.39, 0.29) is 13.2 Å². The zero-order chi connectivity index (χ0) is 25.2. The number of hydrogen-bond acceptors (Lipinski definition) is 7. The summed E-state index contributed by atoms with van der Waals surface area (Å²) in [6, 6.07) is 8.32. The first-order valence-electron chi connectivity index (χ1n) is 13.3. The fraction of sp³-hybridized carbons (Fsp3) is 0.714. The normalized spacial score (nSPS) is 11.0. The Morgan fingerprint density at radius 2 is 0.971 bits per heavy atom. The first-order chi connectivity index (χ1) is 17.3. The zero-order valence-electron chi connectivity index (χ0n) is 21.7. The number of carbonyl (C=O) groups excluding carboxylic acids is 2. The van der Waals surface area contributed by atoms with Crippen LogP contribution >= 0.6 is 0 Å². The summed E-state index contributed by atoms with van der Waals surface area (Å²) in [5.74, 6) is -1.53. The van der Waals surface area contributed by atoms with Crippen LogP contribution in [-0.4, -0.2) is 71.2 Å². The molecule has 0 atom stereocenters. The third-order valence-electron chi connectivity index (χ3n) is 5.44. The zero-order valence-corrected chi connectivity index (χ0v) is 21.7. The molecule has 0 spiro atoms. The summed E-state index contributed by atoms with van der Waals surface area (Å²) in [6.45, 7) is 6.31. The second kappa shape index (κ2) is 23.9. The number of rotatable bonds is 25. The highest BCUT2D eigenvalue weighted by Crippen LogP contribution is 2.10. The minimum atomic E-state index is -0.874. The van der Waals surface area contributed by atoms with Crippen LogP contribution in [0.15, 0.2) is 30.3 Å². The number of esters is 1. The third-order valence-corrected chi connectivity index (χ3v) is 5.44. The van der Waals surface area contributed by atoms with Crippen molar-refractivity contribution in [2.45, 2.75) is 71.1 Å². The lowest BCUT2D eigenvalue weighted by Crippen LogP contribution is -2.20. The first kappa shape index (κ1) is 31.2. The Hall–Kier alpha value is -1.80. The van der Waals surface area contributed by atoms with Crippen molar-refractivity contribution in [3.05, 3.63) is 35.9 Å². The number of ketones is 1. The van der Waals surface area contributed by atoms with E-state index < -0.39 is 11.8 Å². The maximum Gasteiger partial charge on any atom is 0.379 e. The molecule has 0 saturated carbocycles. The Morgan fingerprint density at radius 3 is 1.49 bits per heavy atom. The SMILES string of the molecule is CCCCCCCCCCCCOCCOCCOCCOCCOC(=O)C(=O)c1ccccc1. The molecule has 35 heavy (non-hydrogen) atoms. The highest BCUT2D eigenvalue weighted by Gasteiger charge is 2.16. The minimum Gasteiger partial charge on any atom is -0.457 e. The van der Waals surface area contributed by atoms with E-state index in [1.165, 1.54) is 57.8 Å². The molecule has 0 unspecified atom stereocenters. The topological polar surface area (TPSA) is 80.3 Å². The Balaban J connectivity index is 1.73. The van der Waals surface area contributed by atoms with Crippen LogP contribution in [0.5, 0.6) is 0 Å². The second-order valence-corrected chi connectivity index (χ2v) is 8.46. The van der Waals surface area contributed by atoms with Crippen molar-refractivity contribution >= 4 is 11.8 Å². The summed E-state index contributed by atoms with van der Waals surface area (Å²) < 4.78 is 26.8. The van der Waals surface area contributed by atoms with Gasteiger partial charge in [-0.2, -0.15) is 0 Å². The molecule has 0 aliphatic carbocycles. The summed E-state index contributed by atoms with van der Waals surface area (Å²) >= 11 is 0. The maximum absolute atomic E-state index is 11.8. The molecular weight excluding hydrogens is 448 g/mol. The maximum atomic E-state index is 11.8. The summed E-state index contributed by atoms with van der Waals surface area (Å²) in [6.07, 6.45) is 13.3. The van der Waals surface area contributed by atoms with E-state index >= 15 is 0 Å². The molecule has 7 nitrogen and oxygen atoms in total. The predicted octanol–water partition coefficient (Wildman–Crippen LogP) is 5.40. The quantitative estimate of drug-likeness (QED) is 0.0779. The van der Waals surface area contributed by atoms with Crippen molar-refractivity contribution in [1.82, 2.24) is 0 Å². The van der Waals surface area contributed by atoms with Gasteiger partial charge in [-0.05, 0) is 6.42 Å². The van der Waals surface area contributed by atoms with Crippen molar-refractivity contribution < 1.29 is 33.3 Å². The number of unbranched alkanes of at least 4 members (excludes halogenated alkanes) is 9. The fourth-order valence-corrected chi connectivity index (χ4v) is 3.42. The van der Waals surface area contributed by atoms with Crippen molar-refractivity contribution in [3.63, 3.8) is 0 Å². The molecule has 200 valence electrons. The van der Waals surface area contributed by atoms with Crippen molar-refractivity contribution in [1.29, 1.82) is 0 Å². The van der Waals surface area contributed by atoms with Crippen molar-refractivity contribution in [3.8, 4) is 0 Å². The molecule has 0 bridgehead atoms. The van der Waals surface area contributed by atoms with Gasteiger partial charge in [0.25, 0.3) is 5.78 Å². The molecule has 0 aromatic heterocycles. The summed E-state index contributed by atoms with van der Waals surface area (Å²) in [4.78, 5) is 23.5. The Morgan fingerprint density at radius 1 is 0.543 bits per heavy atom. The molecule has 7 heteroatoms. The van der Waals surface area contributed by atoms with Gasteiger partial charge in [0.2, 0.25) is 0 Å². The Kier molecular flexibility index (Phi) is 21.3. The van der Waals surface area contributed by atoms with E-state index in [4.69, 9.17) is 23.7 Å². The van der Waals surface area contributed by atoms with Gasteiger partial charge >= 0.3 is 5.97 Å². The molecule has 0 heterocycles. The molecule has 0 aliphatic rings. The third kappa shape index (κ3) is 19.1. The average Bonchev–Trinajstić information content (AvgIpc) is 2.89. The number of hydrogen-bond donors (Lipinski definition) is 0. The summed E-state index contributed by atoms with van der Waals surface area (Å²) in [5.41, 5.74) is 0.315. The van der Waals surface area contributed by atoms with Gasteiger partial charge in [-0.25, -0.2) is 4.79 Å². The van der Waals surface area contributed by atoms with E-state index in [2.05, 4.69) is 6.92 Å². The predicted molar refractivity (Wildman–Crippen MR) is 137 cm³/mol. The van der Waals surface area contributed by atoms with Crippen LogP contribution in [-0.2, 0) is 28.5 Å². The minimum absolute atomic E-state index is 0.0274. The van der Waals surface area contributed by atoms with E-state index in [0.29, 0.717) is 45.2 Å². The molecular formula is C28H46O7. The van der Waals surface area contributed by atoms with Gasteiger partial charge in [0.15, 0.2) is 0 Å². The Bertz CT molecular complexity index is 621. The molecule has 0 aliphatic heterocycles. The molecule has 1 aromatic carbocycles. The monoisotopic (exact) mass is 494 g/mol. The fourth-order valence-electron chi connectivity index (χ4n) is 3.42. The number of carbonyl (C=O) groups is 2. The average molecular weight is 495 g/mol. The summed E-state index contributed by atoms with van der Waals surface area (Å²) in [5, 5.41) is 0. The summed E-state index contributed by atoms with van der Waals surface area (Å²) in [7, 11) is 0. The van der Waals surface area contributed by atoms with Crippen molar-refractivity contribution in [2.24, 2.45) is 0 Å². The van der Waals surface area contributed by atoms with Gasteiger partial charge in [-0.15, -0.1) is 0 Å². The smallest absolute Gasteiger partial charge is 0.379 e. The Labute approximate surface area is 211 Å². The molecule has 0 amide bonds. The van der Waals surface area contributed by atoms with Crippen LogP contribution in [0.25, 0.3) is 0 Å². The largest absolute Gasteiger partial charge is 0.457 e. The van der Waals surface area contributed by atoms with Gasteiger partial charge in [0.1, 0.15) is 6.61 Å². The van der Waals surface area contributed by atoms with Gasteiger partial charge < -0.3 is 23.7 Å². The lowest BCUT2D eigenvalue weighted by atomic mass is 10.1. The standard InChI is InChI=1S/C28H46O7/c1-2-3-4-5-6-7-8-9-10-14-17-31-18-19-32-20-21-33-22-23-34-24-25-35-28(30)27(29)26-15-12-11-13-16-26/h11-13,15-16H,2-10,14,17-25H2,1H3. The molecule has 0 radical (unpaired) electrons. The highest BCUT2D eigenvalue weighted by molar-refractivity contribution is 6.40. The highest BCUT2D eigenvalue weighted by atomic mass is 16.6. The van der Waals surface area contributed by atoms with Gasteiger partial charge in [-0.1, -0.05) is 95.0 Å². The molecule has 0 fully saturated rings. The van der Waals surface area contributed by atoms with E-state index in [9.17, 15) is 9.59 Å². The van der Waals surface area contributed by atoms with Crippen molar-refractivity contribution in [2.75, 3.05) is 59.5 Å². The van der Waals surface area contributed by atoms with E-state index in [1.807, 2.05) is 0 Å². The molecule has 0 N–H and O–H groups in total. The van der Waals surface area contributed by atoms with Gasteiger partial charge in [0, 0.05) is 12.2 Å². The van der Waals surface area contributed by atoms with Crippen LogP contribution < -0.4 is 0 Å². The van der Waals surface area contributed by atoms with Crippen LogP contribution in [0.2, 0.25) is 0 Å². The number of ether oxygens (including phenoxy) is 5. The molecule has 0 saturated heterocycles. The number of Topliss-reactive ketones (excluding diaryl/α,β-unsaturated/α-hetero) is 1. The van der Waals surface area contributed by atoms with Gasteiger partial charge in [-0.3, -0.25) is 4.79 Å². The lowest BCUT2D eigenvalue weighted by Gasteiger charge is -2.08. The van der Waals surface area contributed by atoms with Crippen LogP contribution in [0, 0.1) is 0 Å². The lowest BCUT2D eigenvalue weighted by molar-refractivity contribution is -0.139. The second-order valence-electron chi connectivity index (χ2n) is 8.46. The van der Waals surface area contributed by atoms with E-state index in [1.54, 1.807) is 30.3 Å². The van der Waals surface area contributed by atoms with Crippen LogP contribution in [0.3, 0.4) is 0 Å². The number of benzene rings is 1. The molecule has 1 rings (SSSR count). The van der Waals surface area contributed by atoms with Crippen LogP contribution in [0.4, 0.5) is 0 Å². The van der Waals surface area contributed by atoms with E-state index in [0.717, 1.165) is 13.0 Å². The van der Waals surface area contributed by atoms with Gasteiger partial charge in [0.05, 0.1) is 46.2 Å². The molecule has 1 aromatic rings. The van der Waals surface area contributed by atoms with Crippen LogP contribution in [0.1, 0.15) is 81.5 Å².